The third kappa shape index (κ3) is 2.54. The number of fused-ring (bicyclic) bond motifs is 1. The molecule has 20 heavy (non-hydrogen) atoms. The van der Waals surface area contributed by atoms with Gasteiger partial charge in [0.15, 0.2) is 0 Å². The lowest BCUT2D eigenvalue weighted by Crippen LogP contribution is -2.08. The summed E-state index contributed by atoms with van der Waals surface area (Å²) in [6.45, 7) is 0. The van der Waals surface area contributed by atoms with Gasteiger partial charge in [-0.05, 0) is 54.3 Å². The molecule has 1 N–H and O–H groups in total. The summed E-state index contributed by atoms with van der Waals surface area (Å²) in [7, 11) is 0. The van der Waals surface area contributed by atoms with E-state index >= 15 is 0 Å². The highest BCUT2D eigenvalue weighted by atomic mass is 79.9. The molecule has 1 aliphatic carbocycles. The van der Waals surface area contributed by atoms with Gasteiger partial charge in [-0.15, -0.1) is 0 Å². The van der Waals surface area contributed by atoms with Crippen LogP contribution in [0.3, 0.4) is 0 Å². The normalized spacial score (nSPS) is 16.6. The summed E-state index contributed by atoms with van der Waals surface area (Å²) in [5.41, 5.74) is 4.09. The first-order valence-corrected chi connectivity index (χ1v) is 7.59. The van der Waals surface area contributed by atoms with Crippen molar-refractivity contribution in [3.63, 3.8) is 0 Å². The predicted octanol–water partition coefficient (Wildman–Crippen LogP) is 5.07. The molecule has 0 heterocycles. The highest BCUT2D eigenvalue weighted by Crippen LogP contribution is 2.36. The summed E-state index contributed by atoms with van der Waals surface area (Å²) in [5.74, 6) is 0. The van der Waals surface area contributed by atoms with Crippen molar-refractivity contribution >= 4 is 33.2 Å². The molecule has 0 aliphatic heterocycles. The molecule has 0 radical (unpaired) electrons. The second kappa shape index (κ2) is 5.47. The third-order valence-electron chi connectivity index (χ3n) is 3.61. The van der Waals surface area contributed by atoms with E-state index in [1.165, 1.54) is 11.1 Å². The van der Waals surface area contributed by atoms with Crippen molar-refractivity contribution in [3.8, 4) is 6.07 Å². The fourth-order valence-corrected chi connectivity index (χ4v) is 3.24. The van der Waals surface area contributed by atoms with Gasteiger partial charge in [-0.1, -0.05) is 33.6 Å². The number of nitriles is 1. The predicted molar refractivity (Wildman–Crippen MR) is 85.0 cm³/mol. The number of aryl methyl sites for hydroxylation is 1. The molecule has 2 nitrogen and oxygen atoms in total. The summed E-state index contributed by atoms with van der Waals surface area (Å²) in [5, 5.41) is 13.3. The largest absolute Gasteiger partial charge is 0.377 e. The van der Waals surface area contributed by atoms with Crippen LogP contribution >= 0.6 is 27.5 Å². The molecule has 2 aromatic carbocycles. The number of anilines is 1. The highest BCUT2D eigenvalue weighted by Gasteiger charge is 2.23. The summed E-state index contributed by atoms with van der Waals surface area (Å²) >= 11 is 9.53. The minimum Gasteiger partial charge on any atom is -0.377 e. The fraction of sp³-hybridized carbons (Fsp3) is 0.188. The second-order valence-electron chi connectivity index (χ2n) is 4.88. The van der Waals surface area contributed by atoms with Gasteiger partial charge in [0.25, 0.3) is 0 Å². The van der Waals surface area contributed by atoms with E-state index in [4.69, 9.17) is 11.6 Å². The van der Waals surface area contributed by atoms with E-state index in [9.17, 15) is 5.26 Å². The van der Waals surface area contributed by atoms with Gasteiger partial charge < -0.3 is 5.32 Å². The van der Waals surface area contributed by atoms with Crippen LogP contribution in [0.25, 0.3) is 0 Å². The molecule has 1 unspecified atom stereocenters. The summed E-state index contributed by atoms with van der Waals surface area (Å²) in [6.07, 6.45) is 2.08. The molecule has 3 rings (SSSR count). The smallest absolute Gasteiger partial charge is 0.101 e. The van der Waals surface area contributed by atoms with E-state index < -0.39 is 0 Å². The topological polar surface area (TPSA) is 35.8 Å². The van der Waals surface area contributed by atoms with Gasteiger partial charge in [0.1, 0.15) is 6.07 Å². The van der Waals surface area contributed by atoms with Gasteiger partial charge in [-0.3, -0.25) is 0 Å². The lowest BCUT2D eigenvalue weighted by atomic mass is 10.1. The molecule has 0 saturated heterocycles. The van der Waals surface area contributed by atoms with E-state index in [0.717, 1.165) is 23.0 Å². The monoisotopic (exact) mass is 346 g/mol. The zero-order valence-electron chi connectivity index (χ0n) is 10.7. The molecule has 0 fully saturated rings. The molecule has 0 aromatic heterocycles. The average molecular weight is 348 g/mol. The SMILES string of the molecule is N#Cc1ccc(Cl)cc1NC1CCc2cc(Br)ccc21. The minimum atomic E-state index is 0.240. The van der Waals surface area contributed by atoms with E-state index in [-0.39, 0.29) is 6.04 Å². The Morgan fingerprint density at radius 3 is 2.90 bits per heavy atom. The summed E-state index contributed by atoms with van der Waals surface area (Å²) in [4.78, 5) is 0. The maximum atomic E-state index is 9.18. The Kier molecular flexibility index (Phi) is 3.69. The second-order valence-corrected chi connectivity index (χ2v) is 6.23. The first-order valence-electron chi connectivity index (χ1n) is 6.42. The van der Waals surface area contributed by atoms with Crippen molar-refractivity contribution in [1.82, 2.24) is 0 Å². The van der Waals surface area contributed by atoms with Gasteiger partial charge in [0.2, 0.25) is 0 Å². The molecule has 100 valence electrons. The van der Waals surface area contributed by atoms with Crippen molar-refractivity contribution in [3.05, 3.63) is 62.6 Å². The van der Waals surface area contributed by atoms with E-state index in [2.05, 4.69) is 45.5 Å². The Morgan fingerprint density at radius 2 is 2.10 bits per heavy atom. The van der Waals surface area contributed by atoms with Gasteiger partial charge >= 0.3 is 0 Å². The number of benzene rings is 2. The van der Waals surface area contributed by atoms with Crippen molar-refractivity contribution in [2.75, 3.05) is 5.32 Å². The molecule has 0 amide bonds. The van der Waals surface area contributed by atoms with Crippen LogP contribution in [0.5, 0.6) is 0 Å². The zero-order chi connectivity index (χ0) is 14.1. The zero-order valence-corrected chi connectivity index (χ0v) is 13.0. The Labute approximate surface area is 131 Å². The Balaban J connectivity index is 1.91. The molecule has 0 bridgehead atoms. The van der Waals surface area contributed by atoms with E-state index in [1.54, 1.807) is 12.1 Å². The molecular weight excluding hydrogens is 336 g/mol. The van der Waals surface area contributed by atoms with Crippen LogP contribution in [0.4, 0.5) is 5.69 Å². The maximum absolute atomic E-state index is 9.18. The maximum Gasteiger partial charge on any atom is 0.101 e. The highest BCUT2D eigenvalue weighted by molar-refractivity contribution is 9.10. The van der Waals surface area contributed by atoms with Crippen LogP contribution in [0.15, 0.2) is 40.9 Å². The summed E-state index contributed by atoms with van der Waals surface area (Å²) < 4.78 is 1.11. The molecule has 4 heteroatoms. The Hall–Kier alpha value is -1.50. The quantitative estimate of drug-likeness (QED) is 0.823. The van der Waals surface area contributed by atoms with Crippen LogP contribution in [-0.4, -0.2) is 0 Å². The van der Waals surface area contributed by atoms with Crippen LogP contribution in [0.2, 0.25) is 5.02 Å². The van der Waals surface area contributed by atoms with Crippen LogP contribution in [-0.2, 0) is 6.42 Å². The number of nitrogens with one attached hydrogen (secondary N) is 1. The van der Waals surface area contributed by atoms with Crippen molar-refractivity contribution in [2.24, 2.45) is 0 Å². The fourth-order valence-electron chi connectivity index (χ4n) is 2.66. The molecule has 1 aliphatic rings. The Morgan fingerprint density at radius 1 is 1.25 bits per heavy atom. The first-order chi connectivity index (χ1) is 9.67. The lowest BCUT2D eigenvalue weighted by Gasteiger charge is -2.17. The molecule has 1 atom stereocenters. The first kappa shape index (κ1) is 13.5. The minimum absolute atomic E-state index is 0.240. The number of halogens is 2. The number of hydrogen-bond acceptors (Lipinski definition) is 2. The van der Waals surface area contributed by atoms with E-state index in [0.29, 0.717) is 10.6 Å². The van der Waals surface area contributed by atoms with Gasteiger partial charge in [-0.2, -0.15) is 5.26 Å². The van der Waals surface area contributed by atoms with Gasteiger partial charge in [0.05, 0.1) is 17.3 Å². The molecule has 0 saturated carbocycles. The van der Waals surface area contributed by atoms with Crippen LogP contribution < -0.4 is 5.32 Å². The lowest BCUT2D eigenvalue weighted by molar-refractivity contribution is 0.762. The van der Waals surface area contributed by atoms with Crippen molar-refractivity contribution < 1.29 is 0 Å². The van der Waals surface area contributed by atoms with E-state index in [1.807, 2.05) is 6.07 Å². The van der Waals surface area contributed by atoms with Crippen molar-refractivity contribution in [2.45, 2.75) is 18.9 Å². The number of rotatable bonds is 2. The van der Waals surface area contributed by atoms with Crippen molar-refractivity contribution in [1.29, 1.82) is 5.26 Å². The summed E-state index contributed by atoms with van der Waals surface area (Å²) in [6, 6.07) is 14.1. The Bertz CT molecular complexity index is 706. The number of nitrogens with zero attached hydrogens (tertiary/aromatic N) is 1. The van der Waals surface area contributed by atoms with Gasteiger partial charge in [0, 0.05) is 9.50 Å². The molecular formula is C16H12BrClN2. The van der Waals surface area contributed by atoms with Gasteiger partial charge in [-0.25, -0.2) is 0 Å². The standard InChI is InChI=1S/C16H12BrClN2/c17-12-3-5-14-10(7-12)2-6-15(14)20-16-8-13(18)4-1-11(16)9-19/h1,3-5,7-8,15,20H,2,6H2. The van der Waals surface area contributed by atoms with Crippen LogP contribution in [0.1, 0.15) is 29.2 Å². The number of hydrogen-bond donors (Lipinski definition) is 1. The molecule has 2 aromatic rings. The van der Waals surface area contributed by atoms with Crippen LogP contribution in [0, 0.1) is 11.3 Å². The molecule has 0 spiro atoms. The average Bonchev–Trinajstić information content (AvgIpc) is 2.81. The third-order valence-corrected chi connectivity index (χ3v) is 4.34.